The zero-order chi connectivity index (χ0) is 14.8. The van der Waals surface area contributed by atoms with Crippen molar-refractivity contribution in [3.05, 3.63) is 35.6 Å². The molecule has 110 valence electrons. The highest BCUT2D eigenvalue weighted by Gasteiger charge is 2.05. The van der Waals surface area contributed by atoms with Crippen LogP contribution in [0.5, 0.6) is 0 Å². The monoisotopic (exact) mass is 299 g/mol. The number of hydrogen-bond acceptors (Lipinski definition) is 4. The van der Waals surface area contributed by atoms with Crippen molar-refractivity contribution in [2.45, 2.75) is 19.1 Å². The number of halogens is 1. The van der Waals surface area contributed by atoms with E-state index in [4.69, 9.17) is 4.74 Å². The Labute approximate surface area is 122 Å². The molecular formula is C14H18FNO3S. The van der Waals surface area contributed by atoms with E-state index >= 15 is 0 Å². The fourth-order valence-electron chi connectivity index (χ4n) is 1.43. The van der Waals surface area contributed by atoms with Gasteiger partial charge in [0.1, 0.15) is 5.82 Å². The molecule has 0 aromatic heterocycles. The lowest BCUT2D eigenvalue weighted by atomic mass is 10.2. The molecule has 1 aromatic carbocycles. The van der Waals surface area contributed by atoms with E-state index < -0.39 is 0 Å². The van der Waals surface area contributed by atoms with Crippen molar-refractivity contribution in [1.82, 2.24) is 5.32 Å². The number of carbonyl (C=O) groups excluding carboxylic acids is 2. The van der Waals surface area contributed by atoms with Crippen molar-refractivity contribution in [2.75, 3.05) is 18.9 Å². The fourth-order valence-corrected chi connectivity index (χ4v) is 2.25. The fraction of sp³-hybridized carbons (Fsp3) is 0.429. The maximum absolute atomic E-state index is 12.7. The van der Waals surface area contributed by atoms with Crippen LogP contribution in [-0.2, 0) is 20.1 Å². The largest absolute Gasteiger partial charge is 0.466 e. The minimum Gasteiger partial charge on any atom is -0.466 e. The third-order valence-corrected chi connectivity index (χ3v) is 3.38. The lowest BCUT2D eigenvalue weighted by Gasteiger charge is -2.05. The molecular weight excluding hydrogens is 281 g/mol. The van der Waals surface area contributed by atoms with Gasteiger partial charge in [0.25, 0.3) is 0 Å². The number of amides is 1. The highest BCUT2D eigenvalue weighted by atomic mass is 32.2. The molecule has 0 atom stereocenters. The minimum absolute atomic E-state index is 0.124. The molecule has 0 bridgehead atoms. The van der Waals surface area contributed by atoms with Gasteiger partial charge in [-0.25, -0.2) is 4.39 Å². The molecule has 1 amide bonds. The van der Waals surface area contributed by atoms with Crippen LogP contribution in [0.2, 0.25) is 0 Å². The number of benzene rings is 1. The smallest absolute Gasteiger partial charge is 0.307 e. The summed E-state index contributed by atoms with van der Waals surface area (Å²) in [6, 6.07) is 6.19. The summed E-state index contributed by atoms with van der Waals surface area (Å²) >= 11 is 1.44. The quantitative estimate of drug-likeness (QED) is 0.747. The summed E-state index contributed by atoms with van der Waals surface area (Å²) in [5, 5.41) is 2.65. The van der Waals surface area contributed by atoms with Crippen LogP contribution in [-0.4, -0.2) is 30.8 Å². The average molecular weight is 299 g/mol. The van der Waals surface area contributed by atoms with Gasteiger partial charge in [-0.15, -0.1) is 11.8 Å². The van der Waals surface area contributed by atoms with Gasteiger partial charge in [0, 0.05) is 12.3 Å². The molecule has 0 aliphatic carbocycles. The summed E-state index contributed by atoms with van der Waals surface area (Å²) in [5.41, 5.74) is 0.968. The normalized spacial score (nSPS) is 10.1. The van der Waals surface area contributed by atoms with Crippen LogP contribution < -0.4 is 5.32 Å². The first-order valence-corrected chi connectivity index (χ1v) is 7.51. The molecule has 0 aliphatic rings. The lowest BCUT2D eigenvalue weighted by molar-refractivity contribution is -0.142. The molecule has 1 N–H and O–H groups in total. The Morgan fingerprint density at radius 3 is 2.65 bits per heavy atom. The van der Waals surface area contributed by atoms with Gasteiger partial charge in [0.15, 0.2) is 0 Å². The molecule has 0 unspecified atom stereocenters. The Kier molecular flexibility index (Phi) is 7.72. The zero-order valence-electron chi connectivity index (χ0n) is 11.4. The first kappa shape index (κ1) is 16.5. The second-order valence-electron chi connectivity index (χ2n) is 4.02. The highest BCUT2D eigenvalue weighted by Crippen LogP contribution is 2.12. The van der Waals surface area contributed by atoms with Crippen LogP contribution in [0, 0.1) is 5.82 Å². The van der Waals surface area contributed by atoms with Gasteiger partial charge in [-0.3, -0.25) is 9.59 Å². The SMILES string of the molecule is CCOC(=O)CCNC(=O)CSCc1ccc(F)cc1. The van der Waals surface area contributed by atoms with Gasteiger partial charge < -0.3 is 10.1 Å². The highest BCUT2D eigenvalue weighted by molar-refractivity contribution is 7.99. The molecule has 0 heterocycles. The summed E-state index contributed by atoms with van der Waals surface area (Å²) in [5.74, 6) is 0.245. The molecule has 0 aliphatic heterocycles. The van der Waals surface area contributed by atoms with Crippen molar-refractivity contribution in [3.8, 4) is 0 Å². The molecule has 20 heavy (non-hydrogen) atoms. The summed E-state index contributed by atoms with van der Waals surface area (Å²) in [6.45, 7) is 2.37. The van der Waals surface area contributed by atoms with Gasteiger partial charge in [-0.05, 0) is 24.6 Å². The van der Waals surface area contributed by atoms with Gasteiger partial charge in [0.05, 0.1) is 18.8 Å². The van der Waals surface area contributed by atoms with Crippen molar-refractivity contribution < 1.29 is 18.7 Å². The number of esters is 1. The van der Waals surface area contributed by atoms with Crippen LogP contribution in [0.4, 0.5) is 4.39 Å². The molecule has 0 saturated carbocycles. The van der Waals surface area contributed by atoms with E-state index in [0.717, 1.165) is 5.56 Å². The number of ether oxygens (including phenoxy) is 1. The maximum Gasteiger partial charge on any atom is 0.307 e. The van der Waals surface area contributed by atoms with Crippen LogP contribution >= 0.6 is 11.8 Å². The number of carbonyl (C=O) groups is 2. The third kappa shape index (κ3) is 7.13. The molecule has 4 nitrogen and oxygen atoms in total. The second-order valence-corrected chi connectivity index (χ2v) is 5.01. The summed E-state index contributed by atoms with van der Waals surface area (Å²) < 4.78 is 17.4. The van der Waals surface area contributed by atoms with E-state index in [1.54, 1.807) is 19.1 Å². The summed E-state index contributed by atoms with van der Waals surface area (Å²) in [6.07, 6.45) is 0.183. The van der Waals surface area contributed by atoms with Crippen LogP contribution in [0.25, 0.3) is 0 Å². The number of nitrogens with one attached hydrogen (secondary N) is 1. The van der Waals surface area contributed by atoms with Crippen molar-refractivity contribution in [1.29, 1.82) is 0 Å². The van der Waals surface area contributed by atoms with Crippen LogP contribution in [0.15, 0.2) is 24.3 Å². The van der Waals surface area contributed by atoms with E-state index in [0.29, 0.717) is 18.1 Å². The topological polar surface area (TPSA) is 55.4 Å². The minimum atomic E-state index is -0.313. The molecule has 0 spiro atoms. The van der Waals surface area contributed by atoms with E-state index in [1.807, 2.05) is 0 Å². The zero-order valence-corrected chi connectivity index (χ0v) is 12.2. The second kappa shape index (κ2) is 9.36. The third-order valence-electron chi connectivity index (χ3n) is 2.37. The predicted octanol–water partition coefficient (Wildman–Crippen LogP) is 2.13. The number of rotatable bonds is 8. The van der Waals surface area contributed by atoms with E-state index in [9.17, 15) is 14.0 Å². The number of thioether (sulfide) groups is 1. The van der Waals surface area contributed by atoms with E-state index in [-0.39, 0.29) is 30.7 Å². The lowest BCUT2D eigenvalue weighted by Crippen LogP contribution is -2.28. The van der Waals surface area contributed by atoms with Gasteiger partial charge >= 0.3 is 5.97 Å². The van der Waals surface area contributed by atoms with Crippen LogP contribution in [0.3, 0.4) is 0 Å². The van der Waals surface area contributed by atoms with Crippen molar-refractivity contribution >= 4 is 23.6 Å². The maximum atomic E-state index is 12.7. The molecule has 0 fully saturated rings. The average Bonchev–Trinajstić information content (AvgIpc) is 2.41. The Hall–Kier alpha value is -1.56. The first-order valence-electron chi connectivity index (χ1n) is 6.36. The van der Waals surface area contributed by atoms with E-state index in [2.05, 4.69) is 5.32 Å². The molecule has 6 heteroatoms. The van der Waals surface area contributed by atoms with Crippen molar-refractivity contribution in [3.63, 3.8) is 0 Å². The van der Waals surface area contributed by atoms with Gasteiger partial charge in [-0.2, -0.15) is 0 Å². The summed E-state index contributed by atoms with van der Waals surface area (Å²) in [7, 11) is 0. The summed E-state index contributed by atoms with van der Waals surface area (Å²) in [4.78, 5) is 22.5. The Morgan fingerprint density at radius 1 is 1.30 bits per heavy atom. The predicted molar refractivity (Wildman–Crippen MR) is 76.8 cm³/mol. The molecule has 1 rings (SSSR count). The number of hydrogen-bond donors (Lipinski definition) is 1. The molecule has 1 aromatic rings. The van der Waals surface area contributed by atoms with E-state index in [1.165, 1.54) is 23.9 Å². The van der Waals surface area contributed by atoms with Gasteiger partial charge in [-0.1, -0.05) is 12.1 Å². The Balaban J connectivity index is 2.11. The molecule has 0 saturated heterocycles. The van der Waals surface area contributed by atoms with Gasteiger partial charge in [0.2, 0.25) is 5.91 Å². The first-order chi connectivity index (χ1) is 9.61. The standard InChI is InChI=1S/C14H18FNO3S/c1-2-19-14(18)7-8-16-13(17)10-20-9-11-3-5-12(15)6-4-11/h3-6H,2,7-10H2,1H3,(H,16,17). The Morgan fingerprint density at radius 2 is 2.00 bits per heavy atom. The Bertz CT molecular complexity index is 437. The van der Waals surface area contributed by atoms with Crippen molar-refractivity contribution in [2.24, 2.45) is 0 Å². The molecule has 0 radical (unpaired) electrons. The van der Waals surface area contributed by atoms with Crippen LogP contribution in [0.1, 0.15) is 18.9 Å².